The third kappa shape index (κ3) is 5.93. The number of rotatable bonds is 12. The van der Waals surface area contributed by atoms with Crippen LogP contribution in [0.3, 0.4) is 0 Å². The molecular formula is C26H38N6O3Si. The number of amides is 2. The number of anilines is 1. The second-order valence-electron chi connectivity index (χ2n) is 10.1. The van der Waals surface area contributed by atoms with Crippen molar-refractivity contribution in [1.82, 2.24) is 19.3 Å². The first-order chi connectivity index (χ1) is 17.0. The van der Waals surface area contributed by atoms with Crippen molar-refractivity contribution in [1.29, 1.82) is 0 Å². The molecule has 0 aliphatic heterocycles. The fourth-order valence-corrected chi connectivity index (χ4v) is 4.82. The topological polar surface area (TPSA) is 108 Å². The fourth-order valence-electron chi connectivity index (χ4n) is 4.07. The summed E-state index contributed by atoms with van der Waals surface area (Å²) < 4.78 is 9.75. The first-order valence-corrected chi connectivity index (χ1v) is 16.1. The lowest BCUT2D eigenvalue weighted by Gasteiger charge is -2.24. The molecule has 2 heterocycles. The number of hydrogen-bond donors (Lipinski definition) is 1. The zero-order valence-electron chi connectivity index (χ0n) is 22.3. The van der Waals surface area contributed by atoms with Crippen molar-refractivity contribution in [2.45, 2.75) is 66.0 Å². The van der Waals surface area contributed by atoms with Gasteiger partial charge >= 0.3 is 0 Å². The van der Waals surface area contributed by atoms with Crippen molar-refractivity contribution in [3.8, 4) is 0 Å². The van der Waals surface area contributed by atoms with E-state index < -0.39 is 14.0 Å². The number of benzene rings is 1. The van der Waals surface area contributed by atoms with Gasteiger partial charge in [0.25, 0.3) is 5.91 Å². The lowest BCUT2D eigenvalue weighted by atomic mass is 10.1. The molecule has 36 heavy (non-hydrogen) atoms. The van der Waals surface area contributed by atoms with Crippen LogP contribution < -0.4 is 10.6 Å². The van der Waals surface area contributed by atoms with Gasteiger partial charge in [-0.25, -0.2) is 4.98 Å². The molecule has 0 fully saturated rings. The van der Waals surface area contributed by atoms with Gasteiger partial charge in [0.2, 0.25) is 11.9 Å². The third-order valence-electron chi connectivity index (χ3n) is 5.93. The molecule has 2 N–H and O–H groups in total. The van der Waals surface area contributed by atoms with Gasteiger partial charge in [-0.2, -0.15) is 5.10 Å². The maximum atomic E-state index is 13.9. The summed E-state index contributed by atoms with van der Waals surface area (Å²) in [6.07, 6.45) is 2.50. The Balaban J connectivity index is 2.17. The quantitative estimate of drug-likeness (QED) is 0.216. The van der Waals surface area contributed by atoms with Crippen molar-refractivity contribution in [3.05, 3.63) is 47.3 Å². The first-order valence-electron chi connectivity index (χ1n) is 12.4. The van der Waals surface area contributed by atoms with Crippen LogP contribution in [0, 0.1) is 6.92 Å². The number of nitrogens with zero attached hydrogens (tertiary/aromatic N) is 5. The monoisotopic (exact) mass is 510 g/mol. The number of hydrogen-bond acceptors (Lipinski definition) is 5. The number of carbonyl (C=O) groups excluding carboxylic acids is 2. The fraction of sp³-hybridized carbons (Fsp3) is 0.462. The Bertz CT molecular complexity index is 1270. The average molecular weight is 511 g/mol. The van der Waals surface area contributed by atoms with Crippen molar-refractivity contribution in [3.63, 3.8) is 0 Å². The van der Waals surface area contributed by atoms with Crippen molar-refractivity contribution < 1.29 is 14.3 Å². The van der Waals surface area contributed by atoms with E-state index in [0.717, 1.165) is 29.2 Å². The van der Waals surface area contributed by atoms with Crippen LogP contribution >= 0.6 is 0 Å². The van der Waals surface area contributed by atoms with Crippen molar-refractivity contribution in [2.75, 3.05) is 18.2 Å². The molecule has 3 rings (SSSR count). The zero-order valence-corrected chi connectivity index (χ0v) is 23.3. The van der Waals surface area contributed by atoms with Crippen molar-refractivity contribution >= 4 is 42.9 Å². The van der Waals surface area contributed by atoms with Gasteiger partial charge in [-0.3, -0.25) is 19.2 Å². The Labute approximate surface area is 213 Å². The summed E-state index contributed by atoms with van der Waals surface area (Å²) in [4.78, 5) is 32.3. The molecule has 0 spiro atoms. The molecule has 9 nitrogen and oxygen atoms in total. The minimum atomic E-state index is -1.31. The molecule has 10 heteroatoms. The maximum absolute atomic E-state index is 13.9. The Morgan fingerprint density at radius 3 is 2.53 bits per heavy atom. The number of aromatic nitrogens is 4. The molecule has 3 aromatic rings. The smallest absolute Gasteiger partial charge is 0.280 e. The van der Waals surface area contributed by atoms with Gasteiger partial charge in [0.05, 0.1) is 16.7 Å². The zero-order chi connectivity index (χ0) is 26.6. The van der Waals surface area contributed by atoms with Gasteiger partial charge in [0.15, 0.2) is 0 Å². The summed E-state index contributed by atoms with van der Waals surface area (Å²) in [7, 11) is -1.31. The van der Waals surface area contributed by atoms with Crippen LogP contribution in [-0.4, -0.2) is 52.6 Å². The summed E-state index contributed by atoms with van der Waals surface area (Å²) >= 11 is 0. The van der Waals surface area contributed by atoms with E-state index in [1.807, 2.05) is 18.4 Å². The molecule has 1 aromatic carbocycles. The van der Waals surface area contributed by atoms with Crippen LogP contribution in [0.15, 0.2) is 24.8 Å². The standard InChI is InChI=1S/C26H38N6O3Si/c1-8-11-30-23-19(9-2)15-20(24(27)33)16-21(23)28-26(30)31(17-35-12-13-36(5,6)7)25(34)22-14-18(4)29-32(22)10-3/h9,14-16H,2,8,10-13,17H2,1,3-7H3,(H2,27,33). The largest absolute Gasteiger partial charge is 0.366 e. The molecule has 0 unspecified atom stereocenters. The summed E-state index contributed by atoms with van der Waals surface area (Å²) in [6, 6.07) is 6.14. The van der Waals surface area contributed by atoms with E-state index in [9.17, 15) is 9.59 Å². The lowest BCUT2D eigenvalue weighted by molar-refractivity contribution is 0.0884. The van der Waals surface area contributed by atoms with Crippen LogP contribution in [0.5, 0.6) is 0 Å². The SMILES string of the molecule is C=Cc1cc(C(N)=O)cc2nc(N(COCC[Si](C)(C)C)C(=O)c3cc(C)nn3CC)n(CCC)c12. The Morgan fingerprint density at radius 2 is 1.94 bits per heavy atom. The number of carbonyl (C=O) groups is 2. The average Bonchev–Trinajstić information content (AvgIpc) is 3.37. The molecule has 0 saturated heterocycles. The van der Waals surface area contributed by atoms with E-state index in [0.29, 0.717) is 42.4 Å². The second kappa shape index (κ2) is 11.2. The second-order valence-corrected chi connectivity index (χ2v) is 15.8. The summed E-state index contributed by atoms with van der Waals surface area (Å²) in [5.74, 6) is -0.332. The van der Waals surface area contributed by atoms with Gasteiger partial charge < -0.3 is 15.0 Å². The van der Waals surface area contributed by atoms with Crippen LogP contribution in [-0.2, 0) is 17.8 Å². The predicted octanol–water partition coefficient (Wildman–Crippen LogP) is 4.67. The molecule has 0 aliphatic carbocycles. The van der Waals surface area contributed by atoms with Crippen LogP contribution in [0.2, 0.25) is 25.7 Å². The number of aryl methyl sites for hydroxylation is 3. The number of primary amides is 1. The van der Waals surface area contributed by atoms with Gasteiger partial charge in [0, 0.05) is 38.9 Å². The van der Waals surface area contributed by atoms with E-state index in [1.165, 1.54) is 0 Å². The van der Waals surface area contributed by atoms with E-state index in [2.05, 4.69) is 38.2 Å². The number of imidazole rings is 1. The molecular weight excluding hydrogens is 472 g/mol. The van der Waals surface area contributed by atoms with Gasteiger partial charge in [-0.15, -0.1) is 0 Å². The minimum Gasteiger partial charge on any atom is -0.366 e. The number of ether oxygens (including phenoxy) is 1. The molecule has 2 amide bonds. The van der Waals surface area contributed by atoms with E-state index >= 15 is 0 Å². The highest BCUT2D eigenvalue weighted by molar-refractivity contribution is 6.76. The Kier molecular flexibility index (Phi) is 8.52. The predicted molar refractivity (Wildman–Crippen MR) is 147 cm³/mol. The number of nitrogens with two attached hydrogens (primary N) is 1. The minimum absolute atomic E-state index is 0.0520. The third-order valence-corrected chi connectivity index (χ3v) is 7.63. The Hall–Kier alpha value is -3.24. The normalized spacial score (nSPS) is 11.7. The van der Waals surface area contributed by atoms with Crippen LogP contribution in [0.1, 0.15) is 52.4 Å². The molecule has 194 valence electrons. The summed E-state index contributed by atoms with van der Waals surface area (Å²) in [5, 5.41) is 4.46. The Morgan fingerprint density at radius 1 is 1.22 bits per heavy atom. The van der Waals surface area contributed by atoms with E-state index in [1.54, 1.807) is 33.9 Å². The molecule has 2 aromatic heterocycles. The highest BCUT2D eigenvalue weighted by Gasteiger charge is 2.28. The van der Waals surface area contributed by atoms with E-state index in [4.69, 9.17) is 15.5 Å². The highest BCUT2D eigenvalue weighted by Crippen LogP contribution is 2.29. The molecule has 0 atom stereocenters. The van der Waals surface area contributed by atoms with Gasteiger partial charge in [0.1, 0.15) is 12.4 Å². The summed E-state index contributed by atoms with van der Waals surface area (Å²) in [5.41, 5.74) is 9.25. The van der Waals surface area contributed by atoms with Crippen molar-refractivity contribution in [2.24, 2.45) is 5.73 Å². The molecule has 0 saturated carbocycles. The maximum Gasteiger partial charge on any atom is 0.280 e. The van der Waals surface area contributed by atoms with Crippen LogP contribution in [0.25, 0.3) is 17.1 Å². The number of fused-ring (bicyclic) bond motifs is 1. The first kappa shape index (κ1) is 27.3. The van der Waals surface area contributed by atoms with Gasteiger partial charge in [-0.05, 0) is 44.5 Å². The molecule has 0 bridgehead atoms. The molecule has 0 radical (unpaired) electrons. The highest BCUT2D eigenvalue weighted by atomic mass is 28.3. The lowest BCUT2D eigenvalue weighted by Crippen LogP contribution is -2.37. The van der Waals surface area contributed by atoms with E-state index in [-0.39, 0.29) is 12.6 Å². The van der Waals surface area contributed by atoms with Crippen LogP contribution in [0.4, 0.5) is 5.95 Å². The molecule has 0 aliphatic rings. The summed E-state index contributed by atoms with van der Waals surface area (Å²) in [6.45, 7) is 18.5. The van der Waals surface area contributed by atoms with Gasteiger partial charge in [-0.1, -0.05) is 39.2 Å².